The SMILES string of the molecule is C=C[SiH2]CCCC(F)F. The predicted octanol–water partition coefficient (Wildman–Crippen LogP) is 1.76. The van der Waals surface area contributed by atoms with E-state index < -0.39 is 6.43 Å². The molecular formula is C6H12F2Si. The molecule has 0 aromatic heterocycles. The van der Waals surface area contributed by atoms with Gasteiger partial charge in [0.1, 0.15) is 0 Å². The van der Waals surface area contributed by atoms with Crippen LogP contribution in [0.15, 0.2) is 12.3 Å². The average Bonchev–Trinajstić information content (AvgIpc) is 1.80. The van der Waals surface area contributed by atoms with Crippen molar-refractivity contribution < 1.29 is 8.78 Å². The summed E-state index contributed by atoms with van der Waals surface area (Å²) >= 11 is 0. The summed E-state index contributed by atoms with van der Waals surface area (Å²) in [6.07, 6.45) is -1.36. The Bertz CT molecular complexity index is 73.5. The van der Waals surface area contributed by atoms with Crippen LogP contribution in [0.2, 0.25) is 6.04 Å². The highest BCUT2D eigenvalue weighted by Gasteiger charge is 1.99. The molecule has 0 aliphatic carbocycles. The Morgan fingerprint density at radius 3 is 2.67 bits per heavy atom. The number of hydrogen-bond donors (Lipinski definition) is 0. The quantitative estimate of drug-likeness (QED) is 0.414. The van der Waals surface area contributed by atoms with Crippen molar-refractivity contribution in [1.82, 2.24) is 0 Å². The maximum absolute atomic E-state index is 11.5. The van der Waals surface area contributed by atoms with Crippen LogP contribution in [0, 0.1) is 0 Å². The van der Waals surface area contributed by atoms with Gasteiger partial charge < -0.3 is 0 Å². The lowest BCUT2D eigenvalue weighted by Crippen LogP contribution is -1.91. The molecule has 0 unspecified atom stereocenters. The van der Waals surface area contributed by atoms with E-state index in [1.807, 2.05) is 5.70 Å². The molecule has 3 heteroatoms. The van der Waals surface area contributed by atoms with Gasteiger partial charge in [-0.15, -0.1) is 12.3 Å². The Kier molecular flexibility index (Phi) is 5.82. The van der Waals surface area contributed by atoms with E-state index >= 15 is 0 Å². The molecule has 0 nitrogen and oxygen atoms in total. The van der Waals surface area contributed by atoms with Gasteiger partial charge in [0.25, 0.3) is 0 Å². The van der Waals surface area contributed by atoms with Crippen LogP contribution in [0.3, 0.4) is 0 Å². The Morgan fingerprint density at radius 2 is 2.22 bits per heavy atom. The van der Waals surface area contributed by atoms with Crippen LogP contribution in [0.5, 0.6) is 0 Å². The lowest BCUT2D eigenvalue weighted by Gasteiger charge is -1.94. The summed E-state index contributed by atoms with van der Waals surface area (Å²) in [6, 6.07) is 0.980. The number of halogens is 2. The molecule has 0 fully saturated rings. The monoisotopic (exact) mass is 150 g/mol. The van der Waals surface area contributed by atoms with Crippen molar-refractivity contribution in [3.63, 3.8) is 0 Å². The first-order valence-electron chi connectivity index (χ1n) is 3.16. The van der Waals surface area contributed by atoms with Crippen LogP contribution in [-0.4, -0.2) is 15.9 Å². The largest absolute Gasteiger partial charge is 0.238 e. The standard InChI is InChI=1S/C6H12F2Si/c1-2-9-5-3-4-6(7)8/h2,6H,1,3-5,9H2. The molecule has 54 valence electrons. The zero-order valence-electron chi connectivity index (χ0n) is 5.45. The zero-order chi connectivity index (χ0) is 7.11. The molecule has 0 bridgehead atoms. The summed E-state index contributed by atoms with van der Waals surface area (Å²) in [6.45, 7) is 3.55. The fourth-order valence-electron chi connectivity index (χ4n) is 0.587. The second kappa shape index (κ2) is 5.94. The van der Waals surface area contributed by atoms with Crippen molar-refractivity contribution in [3.8, 4) is 0 Å². The number of alkyl halides is 2. The smallest absolute Gasteiger partial charge is 0.211 e. The van der Waals surface area contributed by atoms with E-state index in [-0.39, 0.29) is 15.9 Å². The highest BCUT2D eigenvalue weighted by molar-refractivity contribution is 6.41. The second-order valence-electron chi connectivity index (χ2n) is 1.96. The molecule has 0 saturated heterocycles. The van der Waals surface area contributed by atoms with Gasteiger partial charge in [-0.05, 0) is 0 Å². The van der Waals surface area contributed by atoms with Crippen LogP contribution < -0.4 is 0 Å². The number of rotatable bonds is 5. The Morgan fingerprint density at radius 1 is 1.56 bits per heavy atom. The van der Waals surface area contributed by atoms with Gasteiger partial charge in [0.2, 0.25) is 6.43 Å². The van der Waals surface area contributed by atoms with Crippen molar-refractivity contribution in [2.24, 2.45) is 0 Å². The first-order chi connectivity index (χ1) is 4.27. The van der Waals surface area contributed by atoms with Crippen molar-refractivity contribution in [3.05, 3.63) is 12.3 Å². The van der Waals surface area contributed by atoms with Gasteiger partial charge in [-0.25, -0.2) is 8.78 Å². The van der Waals surface area contributed by atoms with Gasteiger partial charge >= 0.3 is 0 Å². The van der Waals surface area contributed by atoms with Crippen LogP contribution in [0.25, 0.3) is 0 Å². The van der Waals surface area contributed by atoms with Crippen molar-refractivity contribution >= 4 is 9.52 Å². The van der Waals surface area contributed by atoms with E-state index in [1.165, 1.54) is 0 Å². The minimum absolute atomic E-state index is 0.0703. The molecule has 9 heavy (non-hydrogen) atoms. The summed E-state index contributed by atoms with van der Waals surface area (Å²) in [5.41, 5.74) is 1.89. The molecule has 0 aromatic rings. The molecule has 0 heterocycles. The van der Waals surface area contributed by atoms with E-state index in [1.54, 1.807) is 0 Å². The van der Waals surface area contributed by atoms with E-state index in [9.17, 15) is 8.78 Å². The third kappa shape index (κ3) is 7.82. The Hall–Kier alpha value is -0.183. The Labute approximate surface area is 56.8 Å². The van der Waals surface area contributed by atoms with Crippen LogP contribution in [0.4, 0.5) is 8.78 Å². The van der Waals surface area contributed by atoms with Gasteiger partial charge in [-0.1, -0.05) is 12.5 Å². The maximum atomic E-state index is 11.5. The zero-order valence-corrected chi connectivity index (χ0v) is 6.86. The van der Waals surface area contributed by atoms with Gasteiger partial charge in [0, 0.05) is 15.9 Å². The summed E-state index contributed by atoms with van der Waals surface area (Å²) in [5, 5.41) is 0. The molecule has 0 saturated carbocycles. The maximum Gasteiger partial charge on any atom is 0.238 e. The van der Waals surface area contributed by atoms with E-state index in [2.05, 4.69) is 6.58 Å². The molecule has 0 amide bonds. The third-order valence-corrected chi connectivity index (χ3v) is 2.40. The second-order valence-corrected chi connectivity index (χ2v) is 3.83. The van der Waals surface area contributed by atoms with Gasteiger partial charge in [0.15, 0.2) is 0 Å². The van der Waals surface area contributed by atoms with E-state index in [0.29, 0.717) is 6.42 Å². The summed E-state index contributed by atoms with van der Waals surface area (Å²) in [7, 11) is -0.191. The first-order valence-corrected chi connectivity index (χ1v) is 4.98. The topological polar surface area (TPSA) is 0 Å². The molecule has 0 aliphatic rings. The molecule has 0 N–H and O–H groups in total. The van der Waals surface area contributed by atoms with Crippen molar-refractivity contribution in [2.45, 2.75) is 25.3 Å². The fourth-order valence-corrected chi connectivity index (χ4v) is 1.45. The normalized spacial score (nSPS) is 11.4. The lowest BCUT2D eigenvalue weighted by molar-refractivity contribution is 0.136. The molecule has 0 atom stereocenters. The third-order valence-electron chi connectivity index (χ3n) is 1.08. The lowest BCUT2D eigenvalue weighted by atomic mass is 10.3. The van der Waals surface area contributed by atoms with E-state index in [4.69, 9.17) is 0 Å². The van der Waals surface area contributed by atoms with Crippen molar-refractivity contribution in [1.29, 1.82) is 0 Å². The molecular weight excluding hydrogens is 138 g/mol. The predicted molar refractivity (Wildman–Crippen MR) is 38.8 cm³/mol. The summed E-state index contributed by atoms with van der Waals surface area (Å²) in [5.74, 6) is 0. The summed E-state index contributed by atoms with van der Waals surface area (Å²) < 4.78 is 22.9. The average molecular weight is 150 g/mol. The van der Waals surface area contributed by atoms with Gasteiger partial charge in [-0.2, -0.15) is 0 Å². The minimum Gasteiger partial charge on any atom is -0.211 e. The molecule has 0 radical (unpaired) electrons. The highest BCUT2D eigenvalue weighted by Crippen LogP contribution is 2.04. The minimum atomic E-state index is -2.11. The van der Waals surface area contributed by atoms with Gasteiger partial charge in [-0.3, -0.25) is 0 Å². The molecule has 0 aliphatic heterocycles. The van der Waals surface area contributed by atoms with Gasteiger partial charge in [0.05, 0.1) is 0 Å². The molecule has 0 spiro atoms. The van der Waals surface area contributed by atoms with E-state index in [0.717, 1.165) is 6.04 Å². The van der Waals surface area contributed by atoms with Crippen molar-refractivity contribution in [2.75, 3.05) is 0 Å². The Balaban J connectivity index is 2.82. The summed E-state index contributed by atoms with van der Waals surface area (Å²) in [4.78, 5) is 0. The van der Waals surface area contributed by atoms with Crippen LogP contribution in [0.1, 0.15) is 12.8 Å². The first kappa shape index (κ1) is 8.82. The number of hydrogen-bond acceptors (Lipinski definition) is 0. The molecule has 0 aromatic carbocycles. The molecule has 0 rings (SSSR count). The highest BCUT2D eigenvalue weighted by atomic mass is 28.2. The van der Waals surface area contributed by atoms with Crippen LogP contribution in [-0.2, 0) is 0 Å². The van der Waals surface area contributed by atoms with Crippen LogP contribution >= 0.6 is 0 Å². The fraction of sp³-hybridized carbons (Fsp3) is 0.667.